The van der Waals surface area contributed by atoms with E-state index in [-0.39, 0.29) is 60.8 Å². The molecular formula is C24H46N4O6P+. The van der Waals surface area contributed by atoms with Crippen LogP contribution in [0.15, 0.2) is 0 Å². The molecule has 0 aliphatic carbocycles. The highest BCUT2D eigenvalue weighted by Crippen LogP contribution is 2.16. The molecule has 0 bridgehead atoms. The second-order valence-electron chi connectivity index (χ2n) is 10.2. The summed E-state index contributed by atoms with van der Waals surface area (Å²) in [6.45, 7) is 17.1. The van der Waals surface area contributed by atoms with Gasteiger partial charge in [-0.15, -0.1) is 5.09 Å². The third-order valence-electron chi connectivity index (χ3n) is 5.30. The van der Waals surface area contributed by atoms with E-state index < -0.39 is 31.9 Å². The summed E-state index contributed by atoms with van der Waals surface area (Å²) in [5, 5.41) is 11.3. The van der Waals surface area contributed by atoms with Crippen LogP contribution in [0.25, 0.3) is 0 Å². The van der Waals surface area contributed by atoms with Gasteiger partial charge in [-0.3, -0.25) is 14.4 Å². The number of carbonyl (C=O) groups excluding carboxylic acids is 4. The predicted molar refractivity (Wildman–Crippen MR) is 137 cm³/mol. The Bertz CT molecular complexity index is 727. The van der Waals surface area contributed by atoms with Crippen molar-refractivity contribution in [2.24, 2.45) is 23.7 Å². The van der Waals surface area contributed by atoms with E-state index in [0.717, 1.165) is 0 Å². The Labute approximate surface area is 211 Å². The Morgan fingerprint density at radius 3 is 1.74 bits per heavy atom. The number of rotatable bonds is 16. The van der Waals surface area contributed by atoms with Gasteiger partial charge in [-0.1, -0.05) is 55.4 Å². The normalized spacial score (nSPS) is 14.5. The first-order valence-corrected chi connectivity index (χ1v) is 13.9. The average Bonchev–Trinajstić information content (AvgIpc) is 2.71. The molecular weight excluding hydrogens is 471 g/mol. The zero-order valence-corrected chi connectivity index (χ0v) is 23.7. The van der Waals surface area contributed by atoms with Crippen LogP contribution >= 0.6 is 7.95 Å². The van der Waals surface area contributed by atoms with Gasteiger partial charge in [0.2, 0.25) is 17.7 Å². The van der Waals surface area contributed by atoms with Crippen LogP contribution in [-0.2, 0) is 28.5 Å². The van der Waals surface area contributed by atoms with Gasteiger partial charge in [-0.25, -0.2) is 4.79 Å². The largest absolute Gasteiger partial charge is 0.463 e. The maximum Gasteiger partial charge on any atom is 0.444 e. The van der Waals surface area contributed by atoms with Gasteiger partial charge in [-0.05, 0) is 35.2 Å². The van der Waals surface area contributed by atoms with Crippen LogP contribution in [0.4, 0.5) is 0 Å². The third kappa shape index (κ3) is 13.6. The third-order valence-corrected chi connectivity index (χ3v) is 6.38. The Balaban J connectivity index is 5.23. The van der Waals surface area contributed by atoms with Gasteiger partial charge in [0.15, 0.2) is 0 Å². The highest BCUT2D eigenvalue weighted by atomic mass is 31.1. The minimum atomic E-state index is -2.02. The van der Waals surface area contributed by atoms with E-state index in [4.69, 9.17) is 4.74 Å². The lowest BCUT2D eigenvalue weighted by Gasteiger charge is -2.29. The number of esters is 1. The molecule has 202 valence electrons. The Morgan fingerprint density at radius 1 is 0.771 bits per heavy atom. The smallest absolute Gasteiger partial charge is 0.444 e. The fraction of sp³-hybridized carbons (Fsp3) is 0.833. The summed E-state index contributed by atoms with van der Waals surface area (Å²) < 4.78 is 17.0. The maximum atomic E-state index is 13.1. The minimum absolute atomic E-state index is 0.000286. The van der Waals surface area contributed by atoms with E-state index in [1.807, 2.05) is 55.4 Å². The van der Waals surface area contributed by atoms with Crippen molar-refractivity contribution >= 4 is 31.6 Å². The topological polar surface area (TPSA) is 143 Å². The molecule has 0 aromatic heterocycles. The molecule has 1 unspecified atom stereocenters. The van der Waals surface area contributed by atoms with Gasteiger partial charge in [-0.2, -0.15) is 0 Å². The van der Waals surface area contributed by atoms with E-state index in [2.05, 4.69) is 21.0 Å². The van der Waals surface area contributed by atoms with E-state index in [0.29, 0.717) is 6.42 Å². The zero-order valence-electron chi connectivity index (χ0n) is 22.8. The van der Waals surface area contributed by atoms with E-state index >= 15 is 0 Å². The lowest BCUT2D eigenvalue weighted by molar-refractivity contribution is -0.140. The minimum Gasteiger partial charge on any atom is -0.463 e. The molecule has 0 fully saturated rings. The molecule has 10 nitrogen and oxygen atoms in total. The lowest BCUT2D eigenvalue weighted by Crippen LogP contribution is -2.58. The maximum absolute atomic E-state index is 13.1. The fourth-order valence-electron chi connectivity index (χ4n) is 3.22. The molecule has 11 heteroatoms. The van der Waals surface area contributed by atoms with Crippen molar-refractivity contribution in [2.75, 3.05) is 19.3 Å². The molecule has 0 spiro atoms. The number of hydrogen-bond donors (Lipinski definition) is 4. The van der Waals surface area contributed by atoms with E-state index in [1.165, 1.54) is 0 Å². The molecule has 35 heavy (non-hydrogen) atoms. The molecule has 0 aliphatic heterocycles. The van der Waals surface area contributed by atoms with Crippen molar-refractivity contribution in [1.82, 2.24) is 21.0 Å². The van der Waals surface area contributed by atoms with Gasteiger partial charge in [0, 0.05) is 12.5 Å². The van der Waals surface area contributed by atoms with Crippen molar-refractivity contribution in [2.45, 2.75) is 86.9 Å². The number of nitrogens with one attached hydrogen (secondary N) is 4. The first-order chi connectivity index (χ1) is 16.2. The van der Waals surface area contributed by atoms with Crippen molar-refractivity contribution in [1.29, 1.82) is 0 Å². The average molecular weight is 518 g/mol. The fourth-order valence-corrected chi connectivity index (χ4v) is 4.06. The summed E-state index contributed by atoms with van der Waals surface area (Å²) in [6.07, 6.45) is 0.0673. The zero-order chi connectivity index (χ0) is 27.3. The first-order valence-electron chi connectivity index (χ1n) is 12.4. The molecule has 0 aromatic rings. The van der Waals surface area contributed by atoms with Crippen molar-refractivity contribution in [3.05, 3.63) is 0 Å². The van der Waals surface area contributed by atoms with Crippen LogP contribution in [0.1, 0.15) is 68.7 Å². The Morgan fingerprint density at radius 2 is 1.29 bits per heavy atom. The molecule has 3 amide bonds. The number of ether oxygens (including phenoxy) is 1. The molecule has 0 heterocycles. The monoisotopic (exact) mass is 517 g/mol. The van der Waals surface area contributed by atoms with E-state index in [9.17, 15) is 23.7 Å². The number of carbonyl (C=O) groups is 4. The van der Waals surface area contributed by atoms with Crippen molar-refractivity contribution in [3.63, 3.8) is 0 Å². The lowest BCUT2D eigenvalue weighted by atomic mass is 9.98. The predicted octanol–water partition coefficient (Wildman–Crippen LogP) is 2.35. The van der Waals surface area contributed by atoms with Crippen molar-refractivity contribution in [3.8, 4) is 0 Å². The van der Waals surface area contributed by atoms with Crippen LogP contribution in [0.2, 0.25) is 0 Å². The molecule has 0 rings (SSSR count). The molecule has 0 radical (unpaired) electrons. The van der Waals surface area contributed by atoms with Crippen LogP contribution in [0.5, 0.6) is 0 Å². The Kier molecular flexibility index (Phi) is 15.6. The van der Waals surface area contributed by atoms with Crippen molar-refractivity contribution < 1.29 is 28.5 Å². The molecule has 4 atom stereocenters. The van der Waals surface area contributed by atoms with Crippen LogP contribution in [-0.4, -0.2) is 61.1 Å². The van der Waals surface area contributed by atoms with Gasteiger partial charge < -0.3 is 20.7 Å². The van der Waals surface area contributed by atoms with Crippen LogP contribution < -0.4 is 21.0 Å². The molecule has 0 aliphatic rings. The molecule has 0 aromatic carbocycles. The summed E-state index contributed by atoms with van der Waals surface area (Å²) in [6, 6.07) is -1.96. The summed E-state index contributed by atoms with van der Waals surface area (Å²) >= 11 is 0. The van der Waals surface area contributed by atoms with Crippen LogP contribution in [0.3, 0.4) is 0 Å². The van der Waals surface area contributed by atoms with Gasteiger partial charge >= 0.3 is 13.9 Å². The number of amides is 3. The first kappa shape index (κ1) is 32.9. The van der Waals surface area contributed by atoms with Gasteiger partial charge in [0.05, 0.1) is 13.2 Å². The molecule has 0 saturated carbocycles. The molecule has 0 saturated heterocycles. The second kappa shape index (κ2) is 16.6. The highest BCUT2D eigenvalue weighted by molar-refractivity contribution is 7.43. The Hall–Kier alpha value is -2.06. The quantitative estimate of drug-likeness (QED) is 0.182. The van der Waals surface area contributed by atoms with E-state index in [1.54, 1.807) is 6.92 Å². The standard InChI is InChI=1S/C24H45N4O6P/c1-10-34-20(30)13-35(33)25-12-18(15(4)5)26-23(31)22(17(8)9)28-24(32)21(16(6)7)27-19(29)11-14(2)3/h14-18,21-22H,10-13H2,1-9H3,(H3-,25,26,27,28,29,31,32,33)/p+1/t18-,21-,22-/m0/s1. The summed E-state index contributed by atoms with van der Waals surface area (Å²) in [4.78, 5) is 49.9. The summed E-state index contributed by atoms with van der Waals surface area (Å²) in [5.41, 5.74) is 0. The SMILES string of the molecule is CCOC(=O)C[P+](=O)NC[C@H](NC(=O)[C@@H](NC(=O)[C@@H](NC(=O)CC(C)C)C(C)C)C(C)C)C(C)C. The van der Waals surface area contributed by atoms with Crippen LogP contribution in [0, 0.1) is 23.7 Å². The highest BCUT2D eigenvalue weighted by Gasteiger charge is 2.32. The van der Waals surface area contributed by atoms with Gasteiger partial charge in [0.25, 0.3) is 6.16 Å². The van der Waals surface area contributed by atoms with Gasteiger partial charge in [0.1, 0.15) is 12.1 Å². The number of hydrogen-bond acceptors (Lipinski definition) is 6. The summed E-state index contributed by atoms with van der Waals surface area (Å²) in [5.74, 6) is -1.75. The molecule has 4 N–H and O–H groups in total. The summed E-state index contributed by atoms with van der Waals surface area (Å²) in [7, 11) is -2.02. The second-order valence-corrected chi connectivity index (χ2v) is 11.6.